The van der Waals surface area contributed by atoms with Crippen molar-refractivity contribution in [2.75, 3.05) is 7.11 Å². The van der Waals surface area contributed by atoms with E-state index in [4.69, 9.17) is 9.47 Å². The predicted molar refractivity (Wildman–Crippen MR) is 78.6 cm³/mol. The fraction of sp³-hybridized carbons (Fsp3) is 0.250. The van der Waals surface area contributed by atoms with E-state index in [1.807, 2.05) is 0 Å². The number of ether oxygens (including phenoxy) is 2. The molecule has 2 unspecified atom stereocenters. The average molecular weight is 320 g/mol. The molecule has 7 heteroatoms. The van der Waals surface area contributed by atoms with Crippen LogP contribution >= 0.6 is 0 Å². The lowest BCUT2D eigenvalue weighted by Crippen LogP contribution is -2.46. The average Bonchev–Trinajstić information content (AvgIpc) is 2.50. The Hall–Kier alpha value is -2.64. The number of methoxy groups -OCH3 is 1. The molecule has 0 amide bonds. The van der Waals surface area contributed by atoms with Crippen molar-refractivity contribution in [1.82, 2.24) is 0 Å². The summed E-state index contributed by atoms with van der Waals surface area (Å²) in [5.41, 5.74) is 0.657. The molecule has 1 aliphatic rings. The van der Waals surface area contributed by atoms with Crippen LogP contribution in [-0.4, -0.2) is 38.4 Å². The number of phenols is 4. The van der Waals surface area contributed by atoms with Crippen LogP contribution in [0.2, 0.25) is 0 Å². The van der Waals surface area contributed by atoms with Gasteiger partial charge in [0.05, 0.1) is 0 Å². The molecule has 0 aromatic heterocycles. The van der Waals surface area contributed by atoms with Crippen molar-refractivity contribution in [1.29, 1.82) is 0 Å². The van der Waals surface area contributed by atoms with Gasteiger partial charge in [-0.1, -0.05) is 6.07 Å². The molecular weight excluding hydrogens is 304 g/mol. The molecule has 122 valence electrons. The first kappa shape index (κ1) is 15.3. The summed E-state index contributed by atoms with van der Waals surface area (Å²) < 4.78 is 10.9. The first-order chi connectivity index (χ1) is 10.8. The molecule has 0 fully saturated rings. The van der Waals surface area contributed by atoms with Gasteiger partial charge in [0.25, 0.3) is 0 Å². The van der Waals surface area contributed by atoms with Crippen molar-refractivity contribution < 1.29 is 35.0 Å². The first-order valence-corrected chi connectivity index (χ1v) is 6.85. The number of aliphatic hydroxyl groups is 1. The predicted octanol–water partition coefficient (Wildman–Crippen LogP) is 1.52. The Morgan fingerprint density at radius 1 is 1.04 bits per heavy atom. The molecule has 0 radical (unpaired) electrons. The minimum Gasteiger partial charge on any atom is -0.508 e. The van der Waals surface area contributed by atoms with E-state index in [1.54, 1.807) is 0 Å². The fourth-order valence-corrected chi connectivity index (χ4v) is 2.68. The van der Waals surface area contributed by atoms with E-state index in [1.165, 1.54) is 31.4 Å². The van der Waals surface area contributed by atoms with Crippen molar-refractivity contribution in [3.05, 3.63) is 41.5 Å². The highest BCUT2D eigenvalue weighted by atomic mass is 16.6. The first-order valence-electron chi connectivity index (χ1n) is 6.85. The van der Waals surface area contributed by atoms with Crippen LogP contribution in [0.25, 0.3) is 0 Å². The normalized spacial score (nSPS) is 23.1. The molecule has 0 spiro atoms. The minimum atomic E-state index is -1.80. The zero-order valence-electron chi connectivity index (χ0n) is 12.2. The van der Waals surface area contributed by atoms with Crippen LogP contribution in [0.4, 0.5) is 0 Å². The van der Waals surface area contributed by atoms with Gasteiger partial charge in [0.2, 0.25) is 5.79 Å². The summed E-state index contributed by atoms with van der Waals surface area (Å²) in [6.45, 7) is 0. The van der Waals surface area contributed by atoms with Gasteiger partial charge < -0.3 is 35.0 Å². The molecule has 0 saturated carbocycles. The van der Waals surface area contributed by atoms with Crippen LogP contribution in [0.1, 0.15) is 17.2 Å². The summed E-state index contributed by atoms with van der Waals surface area (Å²) in [5, 5.41) is 49.3. The molecule has 0 saturated heterocycles. The minimum absolute atomic E-state index is 0.0861. The zero-order valence-corrected chi connectivity index (χ0v) is 12.2. The largest absolute Gasteiger partial charge is 0.508 e. The molecular formula is C16H16O7. The molecule has 1 heterocycles. The zero-order chi connectivity index (χ0) is 16.8. The van der Waals surface area contributed by atoms with E-state index >= 15 is 0 Å². The Morgan fingerprint density at radius 3 is 2.43 bits per heavy atom. The van der Waals surface area contributed by atoms with Gasteiger partial charge in [-0.15, -0.1) is 0 Å². The fourth-order valence-electron chi connectivity index (χ4n) is 2.68. The van der Waals surface area contributed by atoms with Crippen molar-refractivity contribution in [3.8, 4) is 28.7 Å². The lowest BCUT2D eigenvalue weighted by molar-refractivity contribution is -0.244. The molecule has 7 nitrogen and oxygen atoms in total. The summed E-state index contributed by atoms with van der Waals surface area (Å²) in [5.74, 6) is -2.68. The third kappa shape index (κ3) is 2.49. The Bertz CT molecular complexity index is 758. The van der Waals surface area contributed by atoms with E-state index in [2.05, 4.69) is 0 Å². The van der Waals surface area contributed by atoms with E-state index in [0.29, 0.717) is 11.1 Å². The standard InChI is InChI=1S/C16H16O7/c1-22-16(21)7-10-12(19)5-9(17)6-14(10)23-15(16)8-2-3-11(18)13(20)4-8/h2-6,15,17-21H,7H2,1H3. The van der Waals surface area contributed by atoms with Gasteiger partial charge in [0.1, 0.15) is 17.2 Å². The monoisotopic (exact) mass is 320 g/mol. The third-order valence-electron chi connectivity index (χ3n) is 3.91. The van der Waals surface area contributed by atoms with Gasteiger partial charge in [-0.05, 0) is 12.1 Å². The lowest BCUT2D eigenvalue weighted by Gasteiger charge is -2.39. The number of aromatic hydroxyl groups is 4. The van der Waals surface area contributed by atoms with Gasteiger partial charge in [-0.2, -0.15) is 0 Å². The molecule has 23 heavy (non-hydrogen) atoms. The van der Waals surface area contributed by atoms with Crippen LogP contribution in [-0.2, 0) is 11.2 Å². The molecule has 2 atom stereocenters. The maximum atomic E-state index is 10.7. The molecule has 5 N–H and O–H groups in total. The lowest BCUT2D eigenvalue weighted by atomic mass is 9.90. The van der Waals surface area contributed by atoms with E-state index in [9.17, 15) is 25.5 Å². The molecule has 2 aromatic rings. The number of rotatable bonds is 2. The molecule has 0 bridgehead atoms. The Balaban J connectivity index is 2.10. The second-order valence-electron chi connectivity index (χ2n) is 5.41. The Kier molecular flexibility index (Phi) is 3.46. The molecule has 2 aromatic carbocycles. The van der Waals surface area contributed by atoms with Crippen LogP contribution in [0.3, 0.4) is 0 Å². The Labute approximate surface area is 131 Å². The van der Waals surface area contributed by atoms with Crippen molar-refractivity contribution >= 4 is 0 Å². The quantitative estimate of drug-likeness (QED) is 0.420. The van der Waals surface area contributed by atoms with Crippen LogP contribution in [0.5, 0.6) is 28.7 Å². The number of benzene rings is 2. The smallest absolute Gasteiger partial charge is 0.212 e. The topological polar surface area (TPSA) is 120 Å². The summed E-state index contributed by atoms with van der Waals surface area (Å²) in [4.78, 5) is 0. The van der Waals surface area contributed by atoms with Crippen LogP contribution < -0.4 is 4.74 Å². The Morgan fingerprint density at radius 2 is 1.78 bits per heavy atom. The second kappa shape index (κ2) is 5.22. The van der Waals surface area contributed by atoms with E-state index in [-0.39, 0.29) is 35.2 Å². The maximum absolute atomic E-state index is 10.7. The SMILES string of the molecule is COC1(O)Cc2c(O)cc(O)cc2OC1c1ccc(O)c(O)c1. The summed E-state index contributed by atoms with van der Waals surface area (Å²) >= 11 is 0. The second-order valence-corrected chi connectivity index (χ2v) is 5.41. The van der Waals surface area contributed by atoms with Gasteiger partial charge in [0.15, 0.2) is 17.6 Å². The van der Waals surface area contributed by atoms with E-state index in [0.717, 1.165) is 6.07 Å². The molecule has 3 rings (SSSR count). The summed E-state index contributed by atoms with van der Waals surface area (Å²) in [7, 11) is 1.29. The number of phenolic OH excluding ortho intramolecular Hbond substituents is 4. The number of fused-ring (bicyclic) bond motifs is 1. The molecule has 1 aliphatic heterocycles. The van der Waals surface area contributed by atoms with Gasteiger partial charge >= 0.3 is 0 Å². The van der Waals surface area contributed by atoms with Crippen molar-refractivity contribution in [3.63, 3.8) is 0 Å². The summed E-state index contributed by atoms with van der Waals surface area (Å²) in [6.07, 6.45) is -1.12. The molecule has 0 aliphatic carbocycles. The number of hydrogen-bond donors (Lipinski definition) is 5. The highest BCUT2D eigenvalue weighted by Crippen LogP contribution is 2.47. The van der Waals surface area contributed by atoms with Crippen LogP contribution in [0, 0.1) is 0 Å². The van der Waals surface area contributed by atoms with E-state index < -0.39 is 11.9 Å². The van der Waals surface area contributed by atoms with Crippen molar-refractivity contribution in [2.24, 2.45) is 0 Å². The van der Waals surface area contributed by atoms with Gasteiger partial charge in [-0.3, -0.25) is 0 Å². The third-order valence-corrected chi connectivity index (χ3v) is 3.91. The van der Waals surface area contributed by atoms with Crippen molar-refractivity contribution in [2.45, 2.75) is 18.3 Å². The summed E-state index contributed by atoms with van der Waals surface area (Å²) in [6, 6.07) is 6.44. The highest BCUT2D eigenvalue weighted by molar-refractivity contribution is 5.52. The van der Waals surface area contributed by atoms with Crippen LogP contribution in [0.15, 0.2) is 30.3 Å². The van der Waals surface area contributed by atoms with Gasteiger partial charge in [-0.25, -0.2) is 0 Å². The van der Waals surface area contributed by atoms with Gasteiger partial charge in [0, 0.05) is 36.8 Å². The number of hydrogen-bond acceptors (Lipinski definition) is 7. The maximum Gasteiger partial charge on any atom is 0.212 e. The highest BCUT2D eigenvalue weighted by Gasteiger charge is 2.46.